The molecule has 1 saturated heterocycles. The van der Waals surface area contributed by atoms with Crippen molar-refractivity contribution in [3.8, 4) is 11.1 Å². The number of primary sulfonamides is 1. The molecule has 11 nitrogen and oxygen atoms in total. The van der Waals surface area contributed by atoms with E-state index in [9.17, 15) is 8.42 Å². The van der Waals surface area contributed by atoms with Crippen molar-refractivity contribution in [3.63, 3.8) is 0 Å². The maximum Gasteiger partial charge on any atom is 0.293 e. The van der Waals surface area contributed by atoms with E-state index >= 15 is 0 Å². The Kier molecular flexibility index (Phi) is 7.02. The summed E-state index contributed by atoms with van der Waals surface area (Å²) in [4.78, 5) is 3.96. The van der Waals surface area contributed by atoms with Crippen LogP contribution in [-0.4, -0.2) is 32.3 Å². The molecule has 31 heavy (non-hydrogen) atoms. The van der Waals surface area contributed by atoms with Crippen LogP contribution in [0.3, 0.4) is 0 Å². The number of rotatable bonds is 4. The average molecular weight is 465 g/mol. The van der Waals surface area contributed by atoms with E-state index in [1.807, 2.05) is 5.53 Å². The number of para-hydroxylation sites is 1. The largest absolute Gasteiger partial charge is 0.424 e. The molecule has 166 valence electrons. The van der Waals surface area contributed by atoms with Gasteiger partial charge in [-0.05, 0) is 43.6 Å². The Balaban J connectivity index is 0.000000478. The molecule has 13 heteroatoms. The summed E-state index contributed by atoms with van der Waals surface area (Å²) in [6.07, 6.45) is 2.78. The van der Waals surface area contributed by atoms with E-state index in [0.29, 0.717) is 22.2 Å². The van der Waals surface area contributed by atoms with E-state index in [1.165, 1.54) is 32.0 Å². The van der Waals surface area contributed by atoms with Gasteiger partial charge in [0.05, 0.1) is 0 Å². The predicted molar refractivity (Wildman–Crippen MR) is 123 cm³/mol. The number of oxazole rings is 1. The van der Waals surface area contributed by atoms with Crippen LogP contribution in [0.5, 0.6) is 0 Å². The van der Waals surface area contributed by atoms with E-state index in [0.717, 1.165) is 0 Å². The van der Waals surface area contributed by atoms with Gasteiger partial charge in [-0.1, -0.05) is 18.2 Å². The Morgan fingerprint density at radius 2 is 1.90 bits per heavy atom. The fourth-order valence-electron chi connectivity index (χ4n) is 3.27. The molecule has 10 N–H and O–H groups in total. The highest BCUT2D eigenvalue weighted by molar-refractivity contribution is 7.90. The van der Waals surface area contributed by atoms with Crippen LogP contribution in [0.25, 0.3) is 22.2 Å². The molecular weight excluding hydrogens is 440 g/mol. The maximum atomic E-state index is 12.1. The van der Waals surface area contributed by atoms with E-state index in [1.54, 1.807) is 24.3 Å². The van der Waals surface area contributed by atoms with Gasteiger partial charge in [0.1, 0.15) is 10.4 Å². The lowest BCUT2D eigenvalue weighted by Gasteiger charge is -2.15. The van der Waals surface area contributed by atoms with Crippen LogP contribution in [0.1, 0.15) is 18.4 Å². The van der Waals surface area contributed by atoms with E-state index in [2.05, 4.69) is 28.0 Å². The first-order chi connectivity index (χ1) is 14.7. The number of fused-ring (bicyclic) bond motifs is 1. The summed E-state index contributed by atoms with van der Waals surface area (Å²) in [6, 6.07) is 8.15. The van der Waals surface area contributed by atoms with Crippen LogP contribution in [0.15, 0.2) is 49.6 Å². The minimum absolute atomic E-state index is 0.0308. The molecule has 0 aliphatic carbocycles. The number of hydrogen-bond donors (Lipinski definition) is 7. The molecule has 0 unspecified atom stereocenters. The minimum Gasteiger partial charge on any atom is -0.424 e. The lowest BCUT2D eigenvalue weighted by molar-refractivity contribution is 0.595. The molecule has 0 spiro atoms. The first-order valence-electron chi connectivity index (χ1n) is 9.28. The Morgan fingerprint density at radius 1 is 1.19 bits per heavy atom. The number of sulfonamides is 1. The number of hydrogen-bond acceptors (Lipinski definition) is 10. The van der Waals surface area contributed by atoms with E-state index < -0.39 is 10.0 Å². The number of nitrogens with zero attached hydrogens (tertiary/aromatic N) is 2. The van der Waals surface area contributed by atoms with Gasteiger partial charge >= 0.3 is 0 Å². The summed E-state index contributed by atoms with van der Waals surface area (Å²) in [5.74, 6) is 4.99. The number of anilines is 1. The third kappa shape index (κ3) is 5.08. The molecule has 2 heterocycles. The second kappa shape index (κ2) is 9.53. The third-order valence-electron chi connectivity index (χ3n) is 4.55. The number of thiol groups is 1. The third-order valence-corrected chi connectivity index (χ3v) is 6.06. The normalized spacial score (nSPS) is 14.4. The fourth-order valence-corrected chi connectivity index (χ4v) is 4.70. The maximum absolute atomic E-state index is 12.1. The van der Waals surface area contributed by atoms with Gasteiger partial charge in [0.15, 0.2) is 11.4 Å². The van der Waals surface area contributed by atoms with Crippen molar-refractivity contribution in [1.82, 2.24) is 15.8 Å². The predicted octanol–water partition coefficient (Wildman–Crippen LogP) is 0.467. The second-order valence-electron chi connectivity index (χ2n) is 6.67. The van der Waals surface area contributed by atoms with Crippen molar-refractivity contribution in [1.29, 1.82) is 0 Å². The number of aromatic nitrogens is 1. The number of nitrogens with one attached hydrogen (secondary N) is 2. The van der Waals surface area contributed by atoms with Gasteiger partial charge in [-0.2, -0.15) is 4.98 Å². The van der Waals surface area contributed by atoms with Gasteiger partial charge in [0, 0.05) is 16.0 Å². The smallest absolute Gasteiger partial charge is 0.293 e. The zero-order valence-corrected chi connectivity index (χ0v) is 18.2. The molecule has 0 bridgehead atoms. The SMILES string of the molecule is C1CCNC1.NN/N=C(\N)c1c(-c2cccc3oc(N)nc23)ccc(S)c1S(N)(=O)=O. The number of hydrazone groups is 1. The lowest BCUT2D eigenvalue weighted by Crippen LogP contribution is -2.27. The molecule has 2 aromatic carbocycles. The molecule has 1 aromatic heterocycles. The number of benzene rings is 2. The van der Waals surface area contributed by atoms with Gasteiger partial charge in [0.25, 0.3) is 6.01 Å². The van der Waals surface area contributed by atoms with E-state index in [4.69, 9.17) is 26.9 Å². The van der Waals surface area contributed by atoms with Crippen LogP contribution in [0, 0.1) is 0 Å². The molecule has 1 fully saturated rings. The van der Waals surface area contributed by atoms with Crippen LogP contribution in [0.2, 0.25) is 0 Å². The van der Waals surface area contributed by atoms with Gasteiger partial charge in [-0.15, -0.1) is 17.7 Å². The number of amidine groups is 1. The van der Waals surface area contributed by atoms with Crippen LogP contribution in [0.4, 0.5) is 6.01 Å². The van der Waals surface area contributed by atoms with Gasteiger partial charge in [-0.25, -0.2) is 24.9 Å². The molecule has 0 radical (unpaired) electrons. The van der Waals surface area contributed by atoms with Crippen LogP contribution >= 0.6 is 12.6 Å². The van der Waals surface area contributed by atoms with Crippen molar-refractivity contribution in [2.45, 2.75) is 22.6 Å². The average Bonchev–Trinajstić information content (AvgIpc) is 3.39. The van der Waals surface area contributed by atoms with Crippen LogP contribution in [-0.2, 0) is 10.0 Å². The number of nitrogens with two attached hydrogens (primary N) is 4. The first kappa shape index (κ1) is 22.8. The molecule has 0 atom stereocenters. The van der Waals surface area contributed by atoms with Gasteiger partial charge < -0.3 is 21.2 Å². The Bertz CT molecular complexity index is 1210. The highest BCUT2D eigenvalue weighted by atomic mass is 32.2. The monoisotopic (exact) mass is 464 g/mol. The molecular formula is C18H24N8O3S2. The van der Waals surface area contributed by atoms with E-state index in [-0.39, 0.29) is 27.2 Å². The number of hydrazine groups is 1. The highest BCUT2D eigenvalue weighted by Crippen LogP contribution is 2.36. The quantitative estimate of drug-likeness (QED) is 0.0941. The van der Waals surface area contributed by atoms with Gasteiger partial charge in [-0.3, -0.25) is 0 Å². The summed E-state index contributed by atoms with van der Waals surface area (Å²) in [7, 11) is -4.18. The number of nitrogen functional groups attached to an aromatic ring is 1. The van der Waals surface area contributed by atoms with Crippen molar-refractivity contribution in [3.05, 3.63) is 35.9 Å². The Hall–Kier alpha value is -2.84. The lowest BCUT2D eigenvalue weighted by atomic mass is 9.98. The Morgan fingerprint density at radius 3 is 2.48 bits per heavy atom. The van der Waals surface area contributed by atoms with Crippen molar-refractivity contribution < 1.29 is 12.8 Å². The summed E-state index contributed by atoms with van der Waals surface area (Å²) in [5.41, 5.74) is 15.4. The standard InChI is InChI=1S/C14H15N7O3S2.C4H9N/c15-13(20-21-17)10-6(4-5-9(25)12(10)26(18,22)23)7-2-1-3-8-11(7)19-14(16)24-8;1-2-4-5-3-1/h1-5,21,25H,17H2,(H2,15,20)(H2,16,19)(H2,18,22,23);5H,1-4H2. The topological polar surface area (TPSA) is 201 Å². The van der Waals surface area contributed by atoms with Crippen LogP contribution < -0.4 is 33.3 Å². The minimum atomic E-state index is -4.18. The zero-order chi connectivity index (χ0) is 22.6. The molecule has 0 saturated carbocycles. The molecule has 0 amide bonds. The van der Waals surface area contributed by atoms with Crippen molar-refractivity contribution >= 4 is 45.6 Å². The zero-order valence-electron chi connectivity index (χ0n) is 16.5. The van der Waals surface area contributed by atoms with Crippen molar-refractivity contribution in [2.24, 2.45) is 21.8 Å². The van der Waals surface area contributed by atoms with Crippen molar-refractivity contribution in [2.75, 3.05) is 18.8 Å². The fraction of sp³-hybridized carbons (Fsp3) is 0.222. The molecule has 1 aliphatic heterocycles. The Labute approximate surface area is 184 Å². The summed E-state index contributed by atoms with van der Waals surface area (Å²) < 4.78 is 29.6. The van der Waals surface area contributed by atoms with Gasteiger partial charge in [0.2, 0.25) is 10.0 Å². The molecule has 3 aromatic rings. The molecule has 4 rings (SSSR count). The highest BCUT2D eigenvalue weighted by Gasteiger charge is 2.25. The first-order valence-corrected chi connectivity index (χ1v) is 11.3. The summed E-state index contributed by atoms with van der Waals surface area (Å²) in [5, 5.41) is 12.3. The summed E-state index contributed by atoms with van der Waals surface area (Å²) >= 11 is 4.19. The second-order valence-corrected chi connectivity index (χ2v) is 8.65. The molecule has 1 aliphatic rings. The summed E-state index contributed by atoms with van der Waals surface area (Å²) in [6.45, 7) is 2.50.